The lowest BCUT2D eigenvalue weighted by atomic mass is 10.1. The second-order valence-corrected chi connectivity index (χ2v) is 6.44. The molecule has 0 saturated heterocycles. The Morgan fingerprint density at radius 1 is 1.47 bits per heavy atom. The van der Waals surface area contributed by atoms with Gasteiger partial charge in [0.1, 0.15) is 0 Å². The molecule has 0 spiro atoms. The average molecular weight is 297 g/mol. The molecule has 0 aromatic carbocycles. The number of hydrogen-bond acceptors (Lipinski definition) is 5. The molecule has 0 aliphatic heterocycles. The van der Waals surface area contributed by atoms with Crippen molar-refractivity contribution in [2.75, 3.05) is 12.4 Å². The van der Waals surface area contributed by atoms with Crippen LogP contribution in [-0.2, 0) is 12.8 Å². The van der Waals surface area contributed by atoms with E-state index in [4.69, 9.17) is 11.5 Å². The molecule has 0 fully saturated rings. The normalized spacial score (nSPS) is 11.8. The summed E-state index contributed by atoms with van der Waals surface area (Å²) in [4.78, 5) is 6.92. The molecular weight excluding hydrogens is 274 g/mol. The van der Waals surface area contributed by atoms with Crippen LogP contribution in [0.1, 0.15) is 28.2 Å². The molecule has 106 valence electrons. The van der Waals surface area contributed by atoms with Gasteiger partial charge in [-0.25, -0.2) is 0 Å². The number of thiophene rings is 1. The monoisotopic (exact) mass is 297 g/mol. The molecule has 1 aromatic rings. The van der Waals surface area contributed by atoms with Crippen molar-refractivity contribution in [1.29, 1.82) is 0 Å². The van der Waals surface area contributed by atoms with E-state index < -0.39 is 0 Å². The summed E-state index contributed by atoms with van der Waals surface area (Å²) in [6.07, 6.45) is 4.10. The SMILES string of the molecule is C=N/C(=C\SCN)CCc1cc(C)c(CCCN)s1. The average Bonchev–Trinajstić information content (AvgIpc) is 2.77. The third kappa shape index (κ3) is 5.91. The molecule has 1 aromatic heterocycles. The van der Waals surface area contributed by atoms with E-state index in [2.05, 4.69) is 24.7 Å². The first-order chi connectivity index (χ1) is 9.21. The van der Waals surface area contributed by atoms with E-state index in [0.717, 1.165) is 37.9 Å². The Hall–Kier alpha value is -0.620. The Kier molecular flexibility index (Phi) is 8.05. The summed E-state index contributed by atoms with van der Waals surface area (Å²) in [5.41, 5.74) is 13.4. The highest BCUT2D eigenvalue weighted by molar-refractivity contribution is 8.02. The van der Waals surface area contributed by atoms with Gasteiger partial charge in [0.15, 0.2) is 0 Å². The topological polar surface area (TPSA) is 64.4 Å². The third-order valence-corrected chi connectivity index (χ3v) is 4.81. The number of aliphatic imine (C=N–C) groups is 1. The van der Waals surface area contributed by atoms with E-state index in [0.29, 0.717) is 5.88 Å². The molecular formula is C14H23N3S2. The van der Waals surface area contributed by atoms with Crippen LogP contribution in [-0.4, -0.2) is 19.1 Å². The molecule has 5 heteroatoms. The molecule has 0 unspecified atom stereocenters. The largest absolute Gasteiger partial charge is 0.330 e. The van der Waals surface area contributed by atoms with Gasteiger partial charge in [0.25, 0.3) is 0 Å². The van der Waals surface area contributed by atoms with E-state index >= 15 is 0 Å². The van der Waals surface area contributed by atoms with Crippen LogP contribution in [0.4, 0.5) is 0 Å². The summed E-state index contributed by atoms with van der Waals surface area (Å²) in [5.74, 6) is 0.584. The van der Waals surface area contributed by atoms with Crippen molar-refractivity contribution < 1.29 is 0 Å². The van der Waals surface area contributed by atoms with Gasteiger partial charge in [-0.3, -0.25) is 4.99 Å². The van der Waals surface area contributed by atoms with E-state index in [1.54, 1.807) is 11.8 Å². The third-order valence-electron chi connectivity index (χ3n) is 2.83. The van der Waals surface area contributed by atoms with Crippen LogP contribution in [0.15, 0.2) is 22.2 Å². The second kappa shape index (κ2) is 9.31. The van der Waals surface area contributed by atoms with Gasteiger partial charge in [-0.15, -0.1) is 23.1 Å². The zero-order chi connectivity index (χ0) is 14.1. The highest BCUT2D eigenvalue weighted by Crippen LogP contribution is 2.25. The lowest BCUT2D eigenvalue weighted by Crippen LogP contribution is -1.99. The molecule has 0 aliphatic carbocycles. The van der Waals surface area contributed by atoms with Crippen molar-refractivity contribution in [2.45, 2.75) is 32.6 Å². The number of rotatable bonds is 9. The second-order valence-electron chi connectivity index (χ2n) is 4.31. The summed E-state index contributed by atoms with van der Waals surface area (Å²) in [7, 11) is 0. The zero-order valence-corrected chi connectivity index (χ0v) is 13.2. The molecule has 0 aliphatic rings. The Morgan fingerprint density at radius 2 is 2.26 bits per heavy atom. The van der Waals surface area contributed by atoms with Crippen molar-refractivity contribution in [1.82, 2.24) is 0 Å². The fraction of sp³-hybridized carbons (Fsp3) is 0.500. The Bertz CT molecular complexity index is 424. The maximum atomic E-state index is 5.56. The highest BCUT2D eigenvalue weighted by atomic mass is 32.2. The van der Waals surface area contributed by atoms with Crippen molar-refractivity contribution in [2.24, 2.45) is 16.5 Å². The Morgan fingerprint density at radius 3 is 2.89 bits per heavy atom. The molecule has 1 heterocycles. The predicted octanol–water partition coefficient (Wildman–Crippen LogP) is 3.07. The first-order valence-corrected chi connectivity index (χ1v) is 8.33. The van der Waals surface area contributed by atoms with Crippen LogP contribution in [0.3, 0.4) is 0 Å². The van der Waals surface area contributed by atoms with Gasteiger partial charge < -0.3 is 11.5 Å². The van der Waals surface area contributed by atoms with Crippen molar-refractivity contribution in [3.63, 3.8) is 0 Å². The number of hydrogen-bond donors (Lipinski definition) is 2. The number of aryl methyl sites for hydroxylation is 3. The van der Waals surface area contributed by atoms with Crippen LogP contribution < -0.4 is 11.5 Å². The molecule has 3 nitrogen and oxygen atoms in total. The van der Waals surface area contributed by atoms with Crippen LogP contribution >= 0.6 is 23.1 Å². The quantitative estimate of drug-likeness (QED) is 0.544. The summed E-state index contributed by atoms with van der Waals surface area (Å²) < 4.78 is 0. The molecule has 0 amide bonds. The van der Waals surface area contributed by atoms with Gasteiger partial charge in [0.2, 0.25) is 0 Å². The van der Waals surface area contributed by atoms with Crippen molar-refractivity contribution in [3.05, 3.63) is 32.5 Å². The van der Waals surface area contributed by atoms with Crippen LogP contribution in [0, 0.1) is 6.92 Å². The van der Waals surface area contributed by atoms with Crippen LogP contribution in [0.2, 0.25) is 0 Å². The summed E-state index contributed by atoms with van der Waals surface area (Å²) in [6, 6.07) is 2.29. The number of nitrogens with two attached hydrogens (primary N) is 2. The Balaban J connectivity index is 2.55. The highest BCUT2D eigenvalue weighted by Gasteiger charge is 2.06. The summed E-state index contributed by atoms with van der Waals surface area (Å²) in [6.45, 7) is 6.55. The molecule has 4 N–H and O–H groups in total. The van der Waals surface area contributed by atoms with Crippen LogP contribution in [0.5, 0.6) is 0 Å². The fourth-order valence-electron chi connectivity index (χ4n) is 1.80. The molecule has 0 saturated carbocycles. The van der Waals surface area contributed by atoms with Crippen molar-refractivity contribution in [3.8, 4) is 0 Å². The summed E-state index contributed by atoms with van der Waals surface area (Å²) >= 11 is 3.47. The van der Waals surface area contributed by atoms with Gasteiger partial charge >= 0.3 is 0 Å². The van der Waals surface area contributed by atoms with Gasteiger partial charge in [-0.2, -0.15) is 0 Å². The molecule has 0 radical (unpaired) electrons. The van der Waals surface area contributed by atoms with Gasteiger partial charge in [0.05, 0.1) is 0 Å². The minimum absolute atomic E-state index is 0.584. The van der Waals surface area contributed by atoms with E-state index in [-0.39, 0.29) is 0 Å². The van der Waals surface area contributed by atoms with Gasteiger partial charge in [0, 0.05) is 21.3 Å². The molecule has 1 rings (SSSR count). The van der Waals surface area contributed by atoms with Crippen LogP contribution in [0.25, 0.3) is 0 Å². The fourth-order valence-corrected chi connectivity index (χ4v) is 3.50. The zero-order valence-electron chi connectivity index (χ0n) is 11.5. The number of nitrogens with zero attached hydrogens (tertiary/aromatic N) is 1. The summed E-state index contributed by atoms with van der Waals surface area (Å²) in [5, 5.41) is 2.00. The molecule has 0 atom stereocenters. The van der Waals surface area contributed by atoms with E-state index in [1.165, 1.54) is 15.3 Å². The smallest absolute Gasteiger partial charge is 0.0463 e. The first kappa shape index (κ1) is 16.4. The minimum Gasteiger partial charge on any atom is -0.330 e. The minimum atomic E-state index is 0.584. The number of thioether (sulfide) groups is 1. The van der Waals surface area contributed by atoms with E-state index in [9.17, 15) is 0 Å². The van der Waals surface area contributed by atoms with Crippen molar-refractivity contribution >= 4 is 29.8 Å². The molecule has 0 bridgehead atoms. The van der Waals surface area contributed by atoms with Gasteiger partial charge in [-0.05, 0) is 62.9 Å². The van der Waals surface area contributed by atoms with E-state index in [1.807, 2.05) is 16.7 Å². The maximum absolute atomic E-state index is 5.56. The standard InChI is InChI=1S/C14H23N3S2/c1-11-8-13(19-14(11)4-3-7-15)6-5-12(17-2)9-18-10-16/h8-9H,2-7,10,15-16H2,1H3/b12-9-. The lowest BCUT2D eigenvalue weighted by molar-refractivity contribution is 0.839. The Labute approximate surface area is 124 Å². The lowest BCUT2D eigenvalue weighted by Gasteiger charge is -1.99. The van der Waals surface area contributed by atoms with Gasteiger partial charge in [-0.1, -0.05) is 0 Å². The molecule has 19 heavy (non-hydrogen) atoms. The maximum Gasteiger partial charge on any atom is 0.0463 e. The predicted molar refractivity (Wildman–Crippen MR) is 89.0 cm³/mol. The number of allylic oxidation sites excluding steroid dienone is 1. The first-order valence-electron chi connectivity index (χ1n) is 6.47.